The number of hydrogen-bond acceptors (Lipinski definition) is 4. The molecule has 31 heavy (non-hydrogen) atoms. The van der Waals surface area contributed by atoms with Gasteiger partial charge in [0.15, 0.2) is 0 Å². The van der Waals surface area contributed by atoms with Gasteiger partial charge in [-0.1, -0.05) is 37.3 Å². The van der Waals surface area contributed by atoms with Crippen molar-refractivity contribution < 1.29 is 23.4 Å². The molecule has 2 rings (SSSR count). The van der Waals surface area contributed by atoms with Gasteiger partial charge in [0.2, 0.25) is 0 Å². The second kappa shape index (κ2) is 11.2. The number of aliphatic hydroxyl groups excluding tert-OH is 1. The number of nitrogens with one attached hydrogen (secondary N) is 2. The van der Waals surface area contributed by atoms with Crippen LogP contribution in [0.4, 0.5) is 13.6 Å². The lowest BCUT2D eigenvalue weighted by molar-refractivity contribution is 0.0419. The molecule has 2 aromatic carbocycles. The molecule has 0 unspecified atom stereocenters. The molecule has 170 valence electrons. The van der Waals surface area contributed by atoms with Gasteiger partial charge in [-0.05, 0) is 56.9 Å². The van der Waals surface area contributed by atoms with E-state index in [2.05, 4.69) is 10.6 Å². The average molecular weight is 435 g/mol. The quantitative estimate of drug-likeness (QED) is 0.543. The van der Waals surface area contributed by atoms with Gasteiger partial charge in [-0.2, -0.15) is 0 Å². The number of ether oxygens (including phenoxy) is 1. The van der Waals surface area contributed by atoms with E-state index in [4.69, 9.17) is 4.74 Å². The molecule has 0 saturated carbocycles. The maximum Gasteiger partial charge on any atom is 0.407 e. The summed E-state index contributed by atoms with van der Waals surface area (Å²) in [6, 6.07) is 12.2. The summed E-state index contributed by atoms with van der Waals surface area (Å²) < 4.78 is 32.5. The predicted molar refractivity (Wildman–Crippen MR) is 117 cm³/mol. The second-order valence-electron chi connectivity index (χ2n) is 8.58. The topological polar surface area (TPSA) is 70.6 Å². The summed E-state index contributed by atoms with van der Waals surface area (Å²) in [4.78, 5) is 12.3. The highest BCUT2D eigenvalue weighted by molar-refractivity contribution is 5.68. The molecular weight excluding hydrogens is 402 g/mol. The smallest absolute Gasteiger partial charge is 0.407 e. The van der Waals surface area contributed by atoms with Gasteiger partial charge in [-0.15, -0.1) is 0 Å². The van der Waals surface area contributed by atoms with Crippen molar-refractivity contribution in [1.82, 2.24) is 10.6 Å². The summed E-state index contributed by atoms with van der Waals surface area (Å²) in [5.74, 6) is -1.43. The minimum Gasteiger partial charge on any atom is -0.444 e. The summed E-state index contributed by atoms with van der Waals surface area (Å²) in [6.45, 7) is 7.39. The lowest BCUT2D eigenvalue weighted by Gasteiger charge is -2.28. The number of carbonyl (C=O) groups is 1. The van der Waals surface area contributed by atoms with Gasteiger partial charge >= 0.3 is 6.09 Å². The first kappa shape index (κ1) is 24.8. The van der Waals surface area contributed by atoms with Gasteiger partial charge in [0.25, 0.3) is 0 Å². The van der Waals surface area contributed by atoms with E-state index in [1.165, 1.54) is 12.1 Å². The first-order valence-electron chi connectivity index (χ1n) is 10.5. The number of alkyl carbamates (subject to hydrolysis) is 1. The molecule has 0 fully saturated rings. The number of hydrogen-bond donors (Lipinski definition) is 3. The normalized spacial score (nSPS) is 14.5. The van der Waals surface area contributed by atoms with Crippen molar-refractivity contribution in [1.29, 1.82) is 0 Å². The summed E-state index contributed by atoms with van der Waals surface area (Å²) in [5.41, 5.74) is 0.692. The maximum absolute atomic E-state index is 13.6. The average Bonchev–Trinajstić information content (AvgIpc) is 2.66. The fourth-order valence-electron chi connectivity index (χ4n) is 3.31. The highest BCUT2D eigenvalue weighted by atomic mass is 19.1. The Kier molecular flexibility index (Phi) is 8.95. The molecule has 3 N–H and O–H groups in total. The highest BCUT2D eigenvalue weighted by Gasteiger charge is 2.26. The third-order valence-electron chi connectivity index (χ3n) is 4.73. The molecule has 0 bridgehead atoms. The van der Waals surface area contributed by atoms with E-state index in [9.17, 15) is 18.7 Å². The standard InChI is InChI=1S/C24H32F2N2O3/c1-5-20(17-9-7-6-8-10-17)27-15-22(29)21(28-23(30)31-24(2,3)4)13-16-11-18(25)14-19(26)12-16/h6-12,14,20-22,27,29H,5,13,15H2,1-4H3,(H,28,30)/t20-,21+,22-/m1/s1. The molecule has 0 heterocycles. The number of rotatable bonds is 9. The van der Waals surface area contributed by atoms with E-state index in [0.717, 1.165) is 18.1 Å². The van der Waals surface area contributed by atoms with E-state index < -0.39 is 35.5 Å². The van der Waals surface area contributed by atoms with E-state index >= 15 is 0 Å². The van der Waals surface area contributed by atoms with E-state index in [0.29, 0.717) is 5.56 Å². The number of amides is 1. The maximum atomic E-state index is 13.6. The molecule has 7 heteroatoms. The molecule has 0 radical (unpaired) electrons. The van der Waals surface area contributed by atoms with Crippen LogP contribution in [0, 0.1) is 11.6 Å². The summed E-state index contributed by atoms with van der Waals surface area (Å²) >= 11 is 0. The molecule has 5 nitrogen and oxygen atoms in total. The van der Waals surface area contributed by atoms with Crippen LogP contribution in [0.2, 0.25) is 0 Å². The van der Waals surface area contributed by atoms with Crippen molar-refractivity contribution in [3.8, 4) is 0 Å². The molecule has 2 aromatic rings. The molecule has 0 spiro atoms. The molecule has 0 aliphatic carbocycles. The third-order valence-corrected chi connectivity index (χ3v) is 4.73. The second-order valence-corrected chi connectivity index (χ2v) is 8.58. The molecule has 0 aliphatic rings. The third kappa shape index (κ3) is 8.63. The molecule has 0 saturated heterocycles. The molecule has 0 aromatic heterocycles. The van der Waals surface area contributed by atoms with E-state index in [1.54, 1.807) is 20.8 Å². The SMILES string of the molecule is CC[C@@H](NC[C@@H](O)[C@H](Cc1cc(F)cc(F)c1)NC(=O)OC(C)(C)C)c1ccccc1. The Morgan fingerprint density at radius 1 is 1.10 bits per heavy atom. The van der Waals surface area contributed by atoms with Crippen molar-refractivity contribution in [3.05, 3.63) is 71.3 Å². The van der Waals surface area contributed by atoms with Crippen LogP contribution in [-0.2, 0) is 11.2 Å². The first-order valence-corrected chi connectivity index (χ1v) is 10.5. The highest BCUT2D eigenvalue weighted by Crippen LogP contribution is 2.17. The van der Waals surface area contributed by atoms with Crippen LogP contribution < -0.4 is 10.6 Å². The zero-order valence-electron chi connectivity index (χ0n) is 18.5. The van der Waals surface area contributed by atoms with Crippen LogP contribution in [-0.4, -0.2) is 35.5 Å². The zero-order chi connectivity index (χ0) is 23.0. The van der Waals surface area contributed by atoms with Crippen LogP contribution in [0.3, 0.4) is 0 Å². The van der Waals surface area contributed by atoms with Crippen molar-refractivity contribution in [2.75, 3.05) is 6.54 Å². The lowest BCUT2D eigenvalue weighted by atomic mass is 9.99. The Hall–Kier alpha value is -2.51. The largest absolute Gasteiger partial charge is 0.444 e. The van der Waals surface area contributed by atoms with E-state index in [1.807, 2.05) is 37.3 Å². The summed E-state index contributed by atoms with van der Waals surface area (Å²) in [6.07, 6.45) is -0.880. The molecule has 1 amide bonds. The van der Waals surface area contributed by atoms with Gasteiger partial charge in [0, 0.05) is 18.7 Å². The Balaban J connectivity index is 2.12. The Morgan fingerprint density at radius 3 is 2.26 bits per heavy atom. The Bertz CT molecular complexity index is 820. The van der Waals surface area contributed by atoms with Crippen molar-refractivity contribution >= 4 is 6.09 Å². The summed E-state index contributed by atoms with van der Waals surface area (Å²) in [7, 11) is 0. The minimum atomic E-state index is -1.02. The zero-order valence-corrected chi connectivity index (χ0v) is 18.5. The molecule has 3 atom stereocenters. The van der Waals surface area contributed by atoms with Crippen LogP contribution in [0.15, 0.2) is 48.5 Å². The van der Waals surface area contributed by atoms with Gasteiger partial charge in [0.1, 0.15) is 17.2 Å². The van der Waals surface area contributed by atoms with Gasteiger partial charge in [-0.3, -0.25) is 0 Å². The fraction of sp³-hybridized carbons (Fsp3) is 0.458. The first-order chi connectivity index (χ1) is 14.6. The lowest BCUT2D eigenvalue weighted by Crippen LogP contribution is -2.50. The Labute approximate surface area is 182 Å². The van der Waals surface area contributed by atoms with Gasteiger partial charge in [0.05, 0.1) is 12.1 Å². The number of halogens is 2. The Morgan fingerprint density at radius 2 is 1.71 bits per heavy atom. The molecular formula is C24H32F2N2O3. The van der Waals surface area contributed by atoms with Crippen LogP contribution in [0.5, 0.6) is 0 Å². The van der Waals surface area contributed by atoms with Crippen LogP contribution in [0.1, 0.15) is 51.3 Å². The van der Waals surface area contributed by atoms with Crippen molar-refractivity contribution in [3.63, 3.8) is 0 Å². The summed E-state index contributed by atoms with van der Waals surface area (Å²) in [5, 5.41) is 16.8. The van der Waals surface area contributed by atoms with Gasteiger partial charge < -0.3 is 20.5 Å². The number of benzene rings is 2. The van der Waals surface area contributed by atoms with Crippen LogP contribution in [0.25, 0.3) is 0 Å². The van der Waals surface area contributed by atoms with Crippen molar-refractivity contribution in [2.45, 2.75) is 64.3 Å². The molecule has 0 aliphatic heterocycles. The van der Waals surface area contributed by atoms with E-state index in [-0.39, 0.29) is 19.0 Å². The van der Waals surface area contributed by atoms with Gasteiger partial charge in [-0.25, -0.2) is 13.6 Å². The monoisotopic (exact) mass is 434 g/mol. The van der Waals surface area contributed by atoms with Crippen LogP contribution >= 0.6 is 0 Å². The number of carbonyl (C=O) groups excluding carboxylic acids is 1. The van der Waals surface area contributed by atoms with Crippen molar-refractivity contribution in [2.24, 2.45) is 0 Å². The predicted octanol–water partition coefficient (Wildman–Crippen LogP) is 4.50. The number of aliphatic hydroxyl groups is 1. The fourth-order valence-corrected chi connectivity index (χ4v) is 3.31. The minimum absolute atomic E-state index is 0.0182.